The van der Waals surface area contributed by atoms with Crippen LogP contribution >= 0.6 is 15.9 Å². The number of fused-ring (bicyclic) bond motifs is 1. The first-order chi connectivity index (χ1) is 13.1. The Hall–Kier alpha value is -1.92. The number of aryl methyl sites for hydroxylation is 1. The maximum absolute atomic E-state index is 5.50. The number of nitrogens with one attached hydrogen (secondary N) is 1. The van der Waals surface area contributed by atoms with E-state index in [1.165, 1.54) is 16.7 Å². The summed E-state index contributed by atoms with van der Waals surface area (Å²) < 4.78 is 22.8. The maximum Gasteiger partial charge on any atom is 0.161 e. The lowest BCUT2D eigenvalue weighted by Gasteiger charge is -2.28. The van der Waals surface area contributed by atoms with Crippen LogP contribution < -0.4 is 24.3 Å². The van der Waals surface area contributed by atoms with E-state index in [2.05, 4.69) is 33.4 Å². The van der Waals surface area contributed by atoms with Crippen molar-refractivity contribution in [3.05, 3.63) is 45.4 Å². The van der Waals surface area contributed by atoms with E-state index in [-0.39, 0.29) is 6.04 Å². The Morgan fingerprint density at radius 1 is 0.889 bits per heavy atom. The fourth-order valence-corrected chi connectivity index (χ4v) is 4.13. The third-order valence-corrected chi connectivity index (χ3v) is 5.80. The van der Waals surface area contributed by atoms with Gasteiger partial charge < -0.3 is 24.3 Å². The van der Waals surface area contributed by atoms with Crippen LogP contribution in [-0.4, -0.2) is 35.0 Å². The molecule has 2 aromatic rings. The van der Waals surface area contributed by atoms with Crippen molar-refractivity contribution < 1.29 is 18.9 Å². The minimum Gasteiger partial charge on any atom is -0.493 e. The third-order valence-electron chi connectivity index (χ3n) is 5.06. The van der Waals surface area contributed by atoms with Crippen molar-refractivity contribution in [2.75, 3.05) is 35.0 Å². The first-order valence-electron chi connectivity index (χ1n) is 8.99. The van der Waals surface area contributed by atoms with Crippen LogP contribution in [0.4, 0.5) is 0 Å². The van der Waals surface area contributed by atoms with Gasteiger partial charge in [-0.1, -0.05) is 15.9 Å². The van der Waals surface area contributed by atoms with Gasteiger partial charge >= 0.3 is 0 Å². The molecule has 0 radical (unpaired) electrons. The first-order valence-corrected chi connectivity index (χ1v) is 9.79. The van der Waals surface area contributed by atoms with Gasteiger partial charge in [0.1, 0.15) is 0 Å². The van der Waals surface area contributed by atoms with Crippen LogP contribution in [0.15, 0.2) is 28.7 Å². The lowest BCUT2D eigenvalue weighted by Crippen LogP contribution is -2.30. The Labute approximate surface area is 169 Å². The van der Waals surface area contributed by atoms with Crippen molar-refractivity contribution in [1.29, 1.82) is 0 Å². The van der Waals surface area contributed by atoms with Gasteiger partial charge in [-0.2, -0.15) is 0 Å². The summed E-state index contributed by atoms with van der Waals surface area (Å²) in [7, 11) is 6.66. The summed E-state index contributed by atoms with van der Waals surface area (Å²) in [6, 6.07) is 8.49. The molecule has 0 bridgehead atoms. The molecule has 1 unspecified atom stereocenters. The molecular weight excluding hydrogens is 410 g/mol. The summed E-state index contributed by atoms with van der Waals surface area (Å²) in [6.07, 6.45) is 2.87. The van der Waals surface area contributed by atoms with Crippen LogP contribution in [0.5, 0.6) is 23.0 Å². The Balaban J connectivity index is 1.82. The highest BCUT2D eigenvalue weighted by molar-refractivity contribution is 9.10. The molecule has 1 atom stereocenters. The van der Waals surface area contributed by atoms with E-state index >= 15 is 0 Å². The Morgan fingerprint density at radius 2 is 1.48 bits per heavy atom. The SMILES string of the molecule is COc1cc(Br)c(CCC2NCCc3cc(OC)c(OC)cc32)cc1OC. The second-order valence-electron chi connectivity index (χ2n) is 6.50. The van der Waals surface area contributed by atoms with E-state index in [9.17, 15) is 0 Å². The molecule has 0 saturated carbocycles. The number of hydrogen-bond acceptors (Lipinski definition) is 5. The number of methoxy groups -OCH3 is 4. The van der Waals surface area contributed by atoms with Crippen molar-refractivity contribution in [3.8, 4) is 23.0 Å². The van der Waals surface area contributed by atoms with E-state index in [4.69, 9.17) is 18.9 Å². The number of benzene rings is 2. The van der Waals surface area contributed by atoms with Crippen LogP contribution in [0.3, 0.4) is 0 Å². The summed E-state index contributed by atoms with van der Waals surface area (Å²) in [4.78, 5) is 0. The van der Waals surface area contributed by atoms with E-state index in [0.29, 0.717) is 0 Å². The number of ether oxygens (including phenoxy) is 4. The van der Waals surface area contributed by atoms with Crippen molar-refractivity contribution in [3.63, 3.8) is 0 Å². The van der Waals surface area contributed by atoms with Crippen molar-refractivity contribution in [1.82, 2.24) is 5.32 Å². The Morgan fingerprint density at radius 3 is 2.15 bits per heavy atom. The number of hydrogen-bond donors (Lipinski definition) is 1. The largest absolute Gasteiger partial charge is 0.493 e. The molecule has 27 heavy (non-hydrogen) atoms. The lowest BCUT2D eigenvalue weighted by molar-refractivity contribution is 0.351. The Kier molecular flexibility index (Phi) is 6.50. The molecule has 5 nitrogen and oxygen atoms in total. The van der Waals surface area contributed by atoms with Gasteiger partial charge in [-0.15, -0.1) is 0 Å². The van der Waals surface area contributed by atoms with Crippen LogP contribution in [0.25, 0.3) is 0 Å². The standard InChI is InChI=1S/C21H26BrNO4/c1-24-18-9-13-7-8-23-17(15(13)11-20(18)26-3)6-5-14-10-19(25-2)21(27-4)12-16(14)22/h9-12,17,23H,5-8H2,1-4H3. The monoisotopic (exact) mass is 435 g/mol. The Bertz CT molecular complexity index is 809. The highest BCUT2D eigenvalue weighted by Gasteiger charge is 2.23. The third kappa shape index (κ3) is 4.17. The predicted octanol–water partition coefficient (Wildman–Crippen LogP) is 4.30. The molecule has 0 aliphatic carbocycles. The molecular formula is C21H26BrNO4. The predicted molar refractivity (Wildman–Crippen MR) is 110 cm³/mol. The average Bonchev–Trinajstić information content (AvgIpc) is 2.71. The van der Waals surface area contributed by atoms with Crippen LogP contribution in [0.2, 0.25) is 0 Å². The fraction of sp³-hybridized carbons (Fsp3) is 0.429. The fourth-order valence-electron chi connectivity index (χ4n) is 3.61. The summed E-state index contributed by atoms with van der Waals surface area (Å²) >= 11 is 3.66. The maximum atomic E-state index is 5.50. The molecule has 1 N–H and O–H groups in total. The van der Waals surface area contributed by atoms with Crippen molar-refractivity contribution in [2.24, 2.45) is 0 Å². The van der Waals surface area contributed by atoms with Gasteiger partial charge in [0.05, 0.1) is 28.4 Å². The summed E-state index contributed by atoms with van der Waals surface area (Å²) in [5.41, 5.74) is 3.81. The summed E-state index contributed by atoms with van der Waals surface area (Å²) in [5, 5.41) is 3.64. The van der Waals surface area contributed by atoms with E-state index in [1.54, 1.807) is 28.4 Å². The molecule has 146 valence electrons. The molecule has 1 heterocycles. The van der Waals surface area contributed by atoms with Gasteiger partial charge in [0.15, 0.2) is 23.0 Å². The van der Waals surface area contributed by atoms with Gasteiger partial charge in [0.2, 0.25) is 0 Å². The average molecular weight is 436 g/mol. The van der Waals surface area contributed by atoms with E-state index in [0.717, 1.165) is 53.3 Å². The molecule has 0 saturated heterocycles. The minimum absolute atomic E-state index is 0.272. The van der Waals surface area contributed by atoms with Gasteiger partial charge in [0.25, 0.3) is 0 Å². The van der Waals surface area contributed by atoms with Gasteiger partial charge in [-0.05, 0) is 66.8 Å². The summed E-state index contributed by atoms with van der Waals surface area (Å²) in [6.45, 7) is 0.959. The molecule has 0 spiro atoms. The highest BCUT2D eigenvalue weighted by atomic mass is 79.9. The molecule has 0 fully saturated rings. The minimum atomic E-state index is 0.272. The van der Waals surface area contributed by atoms with Gasteiger partial charge in [0, 0.05) is 10.5 Å². The molecule has 6 heteroatoms. The van der Waals surface area contributed by atoms with E-state index < -0.39 is 0 Å². The van der Waals surface area contributed by atoms with E-state index in [1.807, 2.05) is 12.1 Å². The molecule has 1 aliphatic rings. The number of rotatable bonds is 7. The zero-order chi connectivity index (χ0) is 19.4. The van der Waals surface area contributed by atoms with Crippen molar-refractivity contribution >= 4 is 15.9 Å². The zero-order valence-electron chi connectivity index (χ0n) is 16.2. The first kappa shape index (κ1) is 19.8. The normalized spacial score (nSPS) is 15.8. The van der Waals surface area contributed by atoms with Crippen molar-refractivity contribution in [2.45, 2.75) is 25.3 Å². The smallest absolute Gasteiger partial charge is 0.161 e. The lowest BCUT2D eigenvalue weighted by atomic mass is 9.90. The summed E-state index contributed by atoms with van der Waals surface area (Å²) in [5.74, 6) is 3.04. The molecule has 1 aliphatic heterocycles. The quantitative estimate of drug-likeness (QED) is 0.702. The zero-order valence-corrected chi connectivity index (χ0v) is 17.8. The molecule has 0 amide bonds. The topological polar surface area (TPSA) is 49.0 Å². The second-order valence-corrected chi connectivity index (χ2v) is 7.35. The highest BCUT2D eigenvalue weighted by Crippen LogP contribution is 2.38. The van der Waals surface area contributed by atoms with Gasteiger partial charge in [-0.3, -0.25) is 0 Å². The molecule has 2 aromatic carbocycles. The van der Waals surface area contributed by atoms with Crippen LogP contribution in [0, 0.1) is 0 Å². The van der Waals surface area contributed by atoms with Gasteiger partial charge in [-0.25, -0.2) is 0 Å². The van der Waals surface area contributed by atoms with Crippen LogP contribution in [0.1, 0.15) is 29.2 Å². The number of halogens is 1. The van der Waals surface area contributed by atoms with Crippen LogP contribution in [-0.2, 0) is 12.8 Å². The molecule has 3 rings (SSSR count). The second kappa shape index (κ2) is 8.85. The molecule has 0 aromatic heterocycles.